The van der Waals surface area contributed by atoms with Crippen LogP contribution in [0.25, 0.3) is 0 Å². The lowest BCUT2D eigenvalue weighted by Crippen LogP contribution is -1.94. The first-order valence-electron chi connectivity index (χ1n) is 8.28. The smallest absolute Gasteiger partial charge is 0.0882 e. The molecule has 0 saturated carbocycles. The number of hydrogen-bond donors (Lipinski definition) is 1. The lowest BCUT2D eigenvalue weighted by molar-refractivity contribution is 0.167. The van der Waals surface area contributed by atoms with Crippen molar-refractivity contribution in [1.82, 2.24) is 0 Å². The molecule has 1 aromatic heterocycles. The first-order valence-corrected chi connectivity index (χ1v) is 10.7. The van der Waals surface area contributed by atoms with E-state index < -0.39 is 0 Å². The third kappa shape index (κ3) is 8.73. The molecule has 0 aliphatic carbocycles. The van der Waals surface area contributed by atoms with Gasteiger partial charge in [0.2, 0.25) is 0 Å². The number of hydrogen-bond acceptors (Lipinski definition) is 2. The third-order valence-electron chi connectivity index (χ3n) is 3.82. The van der Waals surface area contributed by atoms with Crippen molar-refractivity contribution in [1.29, 1.82) is 0 Å². The van der Waals surface area contributed by atoms with Crippen LogP contribution in [-0.2, 0) is 0 Å². The van der Waals surface area contributed by atoms with Crippen molar-refractivity contribution < 1.29 is 5.11 Å². The molecule has 1 N–H and O–H groups in total. The van der Waals surface area contributed by atoms with Crippen LogP contribution >= 0.6 is 43.2 Å². The summed E-state index contributed by atoms with van der Waals surface area (Å²) in [6, 6.07) is 2.02. The van der Waals surface area contributed by atoms with Crippen molar-refractivity contribution in [2.75, 3.05) is 0 Å². The van der Waals surface area contributed by atoms with Crippen LogP contribution in [0.3, 0.4) is 0 Å². The first kappa shape index (κ1) is 19.7. The Balaban J connectivity index is 1.96. The molecule has 1 heterocycles. The molecule has 1 nitrogen and oxygen atoms in total. The molecule has 21 heavy (non-hydrogen) atoms. The van der Waals surface area contributed by atoms with Crippen molar-refractivity contribution in [3.8, 4) is 0 Å². The van der Waals surface area contributed by atoms with E-state index in [0.29, 0.717) is 0 Å². The van der Waals surface area contributed by atoms with Gasteiger partial charge in [-0.25, -0.2) is 0 Å². The second-order valence-corrected chi connectivity index (χ2v) is 9.01. The van der Waals surface area contributed by atoms with Crippen LogP contribution < -0.4 is 0 Å². The third-order valence-corrected chi connectivity index (χ3v) is 7.18. The standard InChI is InChI=1S/C17H28Br2OS/c1-2-3-4-5-6-7-8-9-10-11-12-15(20)16-13-14(18)17(19)21-16/h13,15,20H,2-12H2,1H3. The summed E-state index contributed by atoms with van der Waals surface area (Å²) in [4.78, 5) is 1.06. The molecule has 0 aromatic carbocycles. The van der Waals surface area contributed by atoms with Gasteiger partial charge in [-0.2, -0.15) is 0 Å². The van der Waals surface area contributed by atoms with Crippen LogP contribution in [0.4, 0.5) is 0 Å². The van der Waals surface area contributed by atoms with Crippen molar-refractivity contribution in [2.24, 2.45) is 0 Å². The zero-order chi connectivity index (χ0) is 15.5. The van der Waals surface area contributed by atoms with Crippen molar-refractivity contribution in [3.05, 3.63) is 19.2 Å². The van der Waals surface area contributed by atoms with Gasteiger partial charge in [0.05, 0.1) is 9.89 Å². The van der Waals surface area contributed by atoms with E-state index in [1.807, 2.05) is 6.07 Å². The molecular formula is C17H28Br2OS. The fraction of sp³-hybridized carbons (Fsp3) is 0.765. The van der Waals surface area contributed by atoms with Gasteiger partial charge in [-0.1, -0.05) is 71.1 Å². The number of halogens is 2. The van der Waals surface area contributed by atoms with E-state index in [9.17, 15) is 5.11 Å². The Labute approximate surface area is 150 Å². The van der Waals surface area contributed by atoms with Crippen molar-refractivity contribution in [3.63, 3.8) is 0 Å². The lowest BCUT2D eigenvalue weighted by Gasteiger charge is -2.08. The minimum absolute atomic E-state index is 0.299. The van der Waals surface area contributed by atoms with Gasteiger partial charge in [0.1, 0.15) is 0 Å². The first-order chi connectivity index (χ1) is 10.1. The Bertz CT molecular complexity index is 359. The number of thiophene rings is 1. The van der Waals surface area contributed by atoms with E-state index >= 15 is 0 Å². The quantitative estimate of drug-likeness (QED) is 0.332. The van der Waals surface area contributed by atoms with Crippen LogP contribution in [-0.4, -0.2) is 5.11 Å². The molecular weight excluding hydrogens is 412 g/mol. The van der Waals surface area contributed by atoms with Crippen LogP contribution in [0.15, 0.2) is 14.3 Å². The Hall–Kier alpha value is 0.620. The number of aliphatic hydroxyl groups is 1. The molecule has 0 fully saturated rings. The molecule has 0 aliphatic heterocycles. The van der Waals surface area contributed by atoms with Gasteiger partial charge in [-0.3, -0.25) is 0 Å². The summed E-state index contributed by atoms with van der Waals surface area (Å²) < 4.78 is 2.12. The molecule has 1 atom stereocenters. The maximum Gasteiger partial charge on any atom is 0.0882 e. The Morgan fingerprint density at radius 3 is 1.95 bits per heavy atom. The minimum Gasteiger partial charge on any atom is -0.388 e. The van der Waals surface area contributed by atoms with Crippen molar-refractivity contribution in [2.45, 2.75) is 83.7 Å². The average Bonchev–Trinajstić information content (AvgIpc) is 2.80. The highest BCUT2D eigenvalue weighted by atomic mass is 79.9. The second-order valence-electron chi connectivity index (χ2n) is 5.76. The highest BCUT2D eigenvalue weighted by Crippen LogP contribution is 2.36. The van der Waals surface area contributed by atoms with Crippen LogP contribution in [0.2, 0.25) is 0 Å². The topological polar surface area (TPSA) is 20.2 Å². The summed E-state index contributed by atoms with van der Waals surface area (Å²) >= 11 is 8.57. The van der Waals surface area contributed by atoms with E-state index in [-0.39, 0.29) is 6.10 Å². The number of unbranched alkanes of at least 4 members (excludes halogenated alkanes) is 9. The van der Waals surface area contributed by atoms with E-state index in [1.165, 1.54) is 57.8 Å². The maximum atomic E-state index is 10.2. The van der Waals surface area contributed by atoms with E-state index in [1.54, 1.807) is 11.3 Å². The van der Waals surface area contributed by atoms with Crippen LogP contribution in [0.1, 0.15) is 88.5 Å². The lowest BCUT2D eigenvalue weighted by atomic mass is 10.0. The van der Waals surface area contributed by atoms with Gasteiger partial charge in [0.25, 0.3) is 0 Å². The van der Waals surface area contributed by atoms with Crippen LogP contribution in [0, 0.1) is 0 Å². The summed E-state index contributed by atoms with van der Waals surface area (Å²) in [5.74, 6) is 0. The zero-order valence-corrected chi connectivity index (χ0v) is 17.0. The zero-order valence-electron chi connectivity index (χ0n) is 13.0. The van der Waals surface area contributed by atoms with Crippen LogP contribution in [0.5, 0.6) is 0 Å². The molecule has 1 aromatic rings. The van der Waals surface area contributed by atoms with Gasteiger partial charge in [0.15, 0.2) is 0 Å². The predicted octanol–water partition coefficient (Wildman–Crippen LogP) is 7.62. The minimum atomic E-state index is -0.299. The number of aliphatic hydroxyl groups excluding tert-OH is 1. The SMILES string of the molecule is CCCCCCCCCCCCC(O)c1cc(Br)c(Br)s1. The molecule has 0 spiro atoms. The van der Waals surface area contributed by atoms with Gasteiger partial charge < -0.3 is 5.11 Å². The molecule has 0 aliphatic rings. The monoisotopic (exact) mass is 438 g/mol. The summed E-state index contributed by atoms with van der Waals surface area (Å²) in [5, 5.41) is 10.2. The molecule has 1 rings (SSSR count). The Morgan fingerprint density at radius 1 is 0.952 bits per heavy atom. The largest absolute Gasteiger partial charge is 0.388 e. The average molecular weight is 440 g/mol. The molecule has 0 radical (unpaired) electrons. The predicted molar refractivity (Wildman–Crippen MR) is 101 cm³/mol. The maximum absolute atomic E-state index is 10.2. The van der Waals surface area contributed by atoms with Gasteiger partial charge in [-0.15, -0.1) is 11.3 Å². The highest BCUT2D eigenvalue weighted by Gasteiger charge is 2.12. The van der Waals surface area contributed by atoms with Gasteiger partial charge in [0, 0.05) is 9.35 Å². The second kappa shape index (κ2) is 12.1. The normalized spacial score (nSPS) is 12.8. The fourth-order valence-electron chi connectivity index (χ4n) is 2.49. The molecule has 122 valence electrons. The van der Waals surface area contributed by atoms with E-state index in [4.69, 9.17) is 0 Å². The Morgan fingerprint density at radius 2 is 1.48 bits per heavy atom. The van der Waals surface area contributed by atoms with Gasteiger partial charge in [-0.05, 0) is 44.3 Å². The van der Waals surface area contributed by atoms with E-state index in [0.717, 1.165) is 26.0 Å². The highest BCUT2D eigenvalue weighted by molar-refractivity contribution is 9.13. The van der Waals surface area contributed by atoms with E-state index in [2.05, 4.69) is 38.8 Å². The van der Waals surface area contributed by atoms with Crippen molar-refractivity contribution >= 4 is 43.2 Å². The van der Waals surface area contributed by atoms with Gasteiger partial charge >= 0.3 is 0 Å². The molecule has 1 unspecified atom stereocenters. The summed E-state index contributed by atoms with van der Waals surface area (Å²) in [6.45, 7) is 2.27. The summed E-state index contributed by atoms with van der Waals surface area (Å²) in [6.07, 6.45) is 14.0. The molecule has 0 amide bonds. The molecule has 0 saturated heterocycles. The Kier molecular flexibility index (Phi) is 11.3. The molecule has 0 bridgehead atoms. The molecule has 4 heteroatoms. The summed E-state index contributed by atoms with van der Waals surface area (Å²) in [7, 11) is 0. The fourth-order valence-corrected chi connectivity index (χ4v) is 4.61. The number of rotatable bonds is 12. The summed E-state index contributed by atoms with van der Waals surface area (Å²) in [5.41, 5.74) is 0.